The largest absolute Gasteiger partial charge is 0.393 e. The fourth-order valence-electron chi connectivity index (χ4n) is 6.37. The molecule has 0 aliphatic carbocycles. The van der Waals surface area contributed by atoms with Crippen LogP contribution in [0.15, 0.2) is 61.3 Å². The number of aryl methyl sites for hydroxylation is 2. The van der Waals surface area contributed by atoms with Gasteiger partial charge in [0, 0.05) is 64.0 Å². The van der Waals surface area contributed by atoms with Gasteiger partial charge in [-0.05, 0) is 55.3 Å². The molecule has 47 heavy (non-hydrogen) atoms. The minimum Gasteiger partial charge on any atom is -0.353 e. The number of carbonyl (C=O) groups excluding carboxylic acids is 1. The molecule has 1 fully saturated rings. The van der Waals surface area contributed by atoms with Gasteiger partial charge < -0.3 is 14.8 Å². The van der Waals surface area contributed by atoms with Crippen LogP contribution < -0.4 is 10.2 Å². The second kappa shape index (κ2) is 11.8. The number of pyridine rings is 1. The highest BCUT2D eigenvalue weighted by molar-refractivity contribution is 7.18. The van der Waals surface area contributed by atoms with Crippen molar-refractivity contribution >= 4 is 44.2 Å². The van der Waals surface area contributed by atoms with E-state index in [0.717, 1.165) is 44.6 Å². The maximum absolute atomic E-state index is 13.9. The van der Waals surface area contributed by atoms with Gasteiger partial charge in [0.1, 0.15) is 28.7 Å². The van der Waals surface area contributed by atoms with E-state index in [1.807, 2.05) is 41.5 Å². The smallest absolute Gasteiger partial charge is 0.353 e. The van der Waals surface area contributed by atoms with Gasteiger partial charge in [0.15, 0.2) is 0 Å². The standard InChI is InChI=1S/C33H28F3N9OS/c1-18-3-4-21(13-38-18)27-15-44(30-26-8-23(9-33(34,35)36)47-32(26)40-17-39-30)16-28(27)43-31(46)24-5-6-29-25(19(24)2)7-22(10-37)45(29)14-20-11-41-42-12-20/h3-8,11-13,17,27-28H,9,14-16H2,1-2H3,(H,41,42)(H,43,46). The van der Waals surface area contributed by atoms with Crippen LogP contribution in [0.5, 0.6) is 0 Å². The average Bonchev–Trinajstić information content (AvgIpc) is 3.83. The van der Waals surface area contributed by atoms with E-state index < -0.39 is 12.6 Å². The summed E-state index contributed by atoms with van der Waals surface area (Å²) < 4.78 is 41.4. The number of benzene rings is 1. The number of hydrogen-bond donors (Lipinski definition) is 2. The van der Waals surface area contributed by atoms with Crippen molar-refractivity contribution in [3.63, 3.8) is 0 Å². The minimum atomic E-state index is -4.33. The fraction of sp³-hybridized carbons (Fsp3) is 0.273. The van der Waals surface area contributed by atoms with Crippen molar-refractivity contribution in [3.8, 4) is 6.07 Å². The Hall–Kier alpha value is -5.29. The van der Waals surface area contributed by atoms with E-state index in [1.165, 1.54) is 12.4 Å². The number of amides is 1. The number of fused-ring (bicyclic) bond motifs is 2. The SMILES string of the molecule is Cc1ccc(C2CN(c3ncnc4sc(CC(F)(F)F)cc34)CC2NC(=O)c2ccc3c(cc(C#N)n3Cc3cn[nH]c3)c2C)cn1. The molecule has 0 bridgehead atoms. The number of anilines is 1. The molecule has 1 saturated heterocycles. The van der Waals surface area contributed by atoms with Crippen LogP contribution in [0.3, 0.4) is 0 Å². The van der Waals surface area contributed by atoms with E-state index in [9.17, 15) is 23.2 Å². The second-order valence-electron chi connectivity index (χ2n) is 11.8. The number of hydrogen-bond acceptors (Lipinski definition) is 8. The molecule has 0 radical (unpaired) electrons. The lowest BCUT2D eigenvalue weighted by atomic mass is 9.95. The zero-order chi connectivity index (χ0) is 32.9. The zero-order valence-corrected chi connectivity index (χ0v) is 26.2. The summed E-state index contributed by atoms with van der Waals surface area (Å²) in [5.74, 6) is 0.0935. The summed E-state index contributed by atoms with van der Waals surface area (Å²) in [5, 5.41) is 21.2. The topological polar surface area (TPSA) is 128 Å². The molecule has 0 spiro atoms. The average molecular weight is 656 g/mol. The molecule has 10 nitrogen and oxygen atoms in total. The first kappa shape index (κ1) is 30.4. The molecule has 2 atom stereocenters. The number of rotatable bonds is 7. The first-order valence-electron chi connectivity index (χ1n) is 14.9. The molecule has 2 N–H and O–H groups in total. The number of aromatic amines is 1. The van der Waals surface area contributed by atoms with Crippen LogP contribution in [0.25, 0.3) is 21.1 Å². The maximum atomic E-state index is 13.9. The number of H-pyrrole nitrogens is 1. The Bertz CT molecular complexity index is 2150. The number of alkyl halides is 3. The van der Waals surface area contributed by atoms with Crippen LogP contribution in [0.1, 0.15) is 49.2 Å². The van der Waals surface area contributed by atoms with Crippen LogP contribution >= 0.6 is 11.3 Å². The summed E-state index contributed by atoms with van der Waals surface area (Å²) in [6.07, 6.45) is 1.29. The predicted octanol–water partition coefficient (Wildman–Crippen LogP) is 5.81. The number of carbonyl (C=O) groups is 1. The van der Waals surface area contributed by atoms with Gasteiger partial charge in [-0.2, -0.15) is 23.5 Å². The normalized spacial score (nSPS) is 16.6. The van der Waals surface area contributed by atoms with Gasteiger partial charge in [-0.3, -0.25) is 14.9 Å². The highest BCUT2D eigenvalue weighted by atomic mass is 32.1. The molecule has 1 amide bonds. The summed E-state index contributed by atoms with van der Waals surface area (Å²) in [6.45, 7) is 5.07. The summed E-state index contributed by atoms with van der Waals surface area (Å²) >= 11 is 1.01. The number of nitriles is 1. The Kier molecular flexibility index (Phi) is 7.63. The third-order valence-corrected chi connectivity index (χ3v) is 9.68. The summed E-state index contributed by atoms with van der Waals surface area (Å²) in [5.41, 5.74) is 5.25. The Balaban J connectivity index is 1.20. The highest BCUT2D eigenvalue weighted by Crippen LogP contribution is 2.37. The van der Waals surface area contributed by atoms with Crippen LogP contribution in [-0.2, 0) is 13.0 Å². The Morgan fingerprint density at radius 3 is 2.68 bits per heavy atom. The monoisotopic (exact) mass is 655 g/mol. The van der Waals surface area contributed by atoms with Crippen LogP contribution in [-0.4, -0.2) is 60.9 Å². The maximum Gasteiger partial charge on any atom is 0.393 e. The molecule has 1 aliphatic rings. The van der Waals surface area contributed by atoms with Crippen molar-refractivity contribution in [2.75, 3.05) is 18.0 Å². The molecule has 1 aliphatic heterocycles. The molecular weight excluding hydrogens is 627 g/mol. The van der Waals surface area contributed by atoms with Crippen molar-refractivity contribution in [2.45, 2.75) is 44.9 Å². The van der Waals surface area contributed by atoms with Crippen LogP contribution in [0.4, 0.5) is 19.0 Å². The molecule has 238 valence electrons. The summed E-state index contributed by atoms with van der Waals surface area (Å²) in [6, 6.07) is 12.8. The van der Waals surface area contributed by atoms with Gasteiger partial charge >= 0.3 is 6.18 Å². The quantitative estimate of drug-likeness (QED) is 0.222. The van der Waals surface area contributed by atoms with Crippen molar-refractivity contribution in [3.05, 3.63) is 99.8 Å². The Morgan fingerprint density at radius 1 is 1.11 bits per heavy atom. The third-order valence-electron chi connectivity index (χ3n) is 8.64. The van der Waals surface area contributed by atoms with E-state index in [-0.39, 0.29) is 22.7 Å². The Labute approximate surface area is 270 Å². The van der Waals surface area contributed by atoms with Crippen molar-refractivity contribution in [1.29, 1.82) is 5.26 Å². The fourth-order valence-corrected chi connectivity index (χ4v) is 7.39. The first-order valence-corrected chi connectivity index (χ1v) is 15.7. The van der Waals surface area contributed by atoms with Gasteiger partial charge in [0.2, 0.25) is 0 Å². The molecule has 1 aromatic carbocycles. The van der Waals surface area contributed by atoms with Gasteiger partial charge in [-0.1, -0.05) is 6.07 Å². The van der Waals surface area contributed by atoms with E-state index in [0.29, 0.717) is 46.9 Å². The third kappa shape index (κ3) is 5.90. The molecule has 6 heterocycles. The van der Waals surface area contributed by atoms with E-state index >= 15 is 0 Å². The zero-order valence-electron chi connectivity index (χ0n) is 25.3. The minimum absolute atomic E-state index is 0.168. The Morgan fingerprint density at radius 2 is 1.96 bits per heavy atom. The summed E-state index contributed by atoms with van der Waals surface area (Å²) in [4.78, 5) is 29.8. The van der Waals surface area contributed by atoms with E-state index in [2.05, 4.69) is 36.5 Å². The van der Waals surface area contributed by atoms with Gasteiger partial charge in [0.25, 0.3) is 5.91 Å². The number of halogens is 3. The molecular formula is C33H28F3N9OS. The molecule has 5 aromatic heterocycles. The van der Waals surface area contributed by atoms with Crippen molar-refractivity contribution in [1.82, 2.24) is 35.0 Å². The van der Waals surface area contributed by atoms with E-state index in [4.69, 9.17) is 0 Å². The van der Waals surface area contributed by atoms with Crippen molar-refractivity contribution in [2.24, 2.45) is 0 Å². The van der Waals surface area contributed by atoms with Gasteiger partial charge in [-0.25, -0.2) is 9.97 Å². The molecule has 2 unspecified atom stereocenters. The van der Waals surface area contributed by atoms with E-state index in [1.54, 1.807) is 30.7 Å². The summed E-state index contributed by atoms with van der Waals surface area (Å²) in [7, 11) is 0. The first-order chi connectivity index (χ1) is 22.6. The molecule has 7 rings (SSSR count). The highest BCUT2D eigenvalue weighted by Gasteiger charge is 2.37. The number of thiophene rings is 1. The lowest BCUT2D eigenvalue weighted by Crippen LogP contribution is -2.40. The number of nitrogens with zero attached hydrogens (tertiary/aromatic N) is 7. The lowest BCUT2D eigenvalue weighted by molar-refractivity contribution is -0.126. The predicted molar refractivity (Wildman–Crippen MR) is 171 cm³/mol. The van der Waals surface area contributed by atoms with Crippen LogP contribution in [0.2, 0.25) is 0 Å². The van der Waals surface area contributed by atoms with Crippen LogP contribution in [0, 0.1) is 25.2 Å². The lowest BCUT2D eigenvalue weighted by Gasteiger charge is -2.20. The van der Waals surface area contributed by atoms with Crippen molar-refractivity contribution < 1.29 is 18.0 Å². The molecule has 0 saturated carbocycles. The number of nitrogens with one attached hydrogen (secondary N) is 2. The molecule has 14 heteroatoms. The number of aromatic nitrogens is 6. The van der Waals surface area contributed by atoms with Gasteiger partial charge in [-0.15, -0.1) is 11.3 Å². The van der Waals surface area contributed by atoms with Gasteiger partial charge in [0.05, 0.1) is 30.6 Å². The molecule has 6 aromatic rings. The second-order valence-corrected chi connectivity index (χ2v) is 12.9.